The highest BCUT2D eigenvalue weighted by atomic mass is 16.1. The lowest BCUT2D eigenvalue weighted by atomic mass is 10.0. The van der Waals surface area contributed by atoms with Crippen LogP contribution in [0.25, 0.3) is 22.8 Å². The van der Waals surface area contributed by atoms with Gasteiger partial charge in [0.25, 0.3) is 0 Å². The minimum Gasteiger partial charge on any atom is -0.303 e. The standard InChI is InChI=1S/C36H26N6O2/c43-31(23-8-3-1-4-9-23)25-14-18-27(19-15-25)33-37-35(41-39-33)29-12-7-13-30(22-29)36-38-34(40-42-36)28-20-16-26(17-21-28)32(44)24-10-5-2-6-11-24/h1-22,33,39H,(H,37,41)(H,38,40,42). The number of carbonyl (C=O) groups is 2. The van der Waals surface area contributed by atoms with Crippen LogP contribution in [0.4, 0.5) is 0 Å². The van der Waals surface area contributed by atoms with Gasteiger partial charge in [0.1, 0.15) is 12.0 Å². The number of hydrazine groups is 1. The summed E-state index contributed by atoms with van der Waals surface area (Å²) in [5.41, 5.74) is 12.4. The minimum atomic E-state index is -0.304. The molecule has 0 aliphatic carbocycles. The van der Waals surface area contributed by atoms with Crippen molar-refractivity contribution in [1.82, 2.24) is 26.0 Å². The van der Waals surface area contributed by atoms with Crippen molar-refractivity contribution in [2.24, 2.45) is 4.99 Å². The summed E-state index contributed by atoms with van der Waals surface area (Å²) >= 11 is 0. The Kier molecular flexibility index (Phi) is 7.16. The van der Waals surface area contributed by atoms with Crippen molar-refractivity contribution in [3.63, 3.8) is 0 Å². The van der Waals surface area contributed by atoms with Gasteiger partial charge in [0, 0.05) is 38.9 Å². The van der Waals surface area contributed by atoms with Gasteiger partial charge < -0.3 is 5.43 Å². The molecular formula is C36H26N6O2. The summed E-state index contributed by atoms with van der Waals surface area (Å²) < 4.78 is 0. The molecule has 5 aromatic carbocycles. The molecule has 1 unspecified atom stereocenters. The van der Waals surface area contributed by atoms with Crippen LogP contribution in [0.3, 0.4) is 0 Å². The van der Waals surface area contributed by atoms with E-state index in [1.807, 2.05) is 121 Å². The monoisotopic (exact) mass is 574 g/mol. The quantitative estimate of drug-likeness (QED) is 0.188. The Balaban J connectivity index is 1.05. The van der Waals surface area contributed by atoms with Crippen LogP contribution in [-0.2, 0) is 0 Å². The molecule has 212 valence electrons. The zero-order valence-corrected chi connectivity index (χ0v) is 23.4. The van der Waals surface area contributed by atoms with Crippen molar-refractivity contribution >= 4 is 17.4 Å². The van der Waals surface area contributed by atoms with Crippen LogP contribution in [0.15, 0.2) is 138 Å². The molecule has 1 aliphatic heterocycles. The Bertz CT molecular complexity index is 1980. The summed E-state index contributed by atoms with van der Waals surface area (Å²) in [4.78, 5) is 35.0. The SMILES string of the molecule is O=C(c1ccccc1)c1ccc(-c2nc(-c3cccc(C4=NC(c5ccc(C(=O)c6ccccc6)cc5)NN4)c3)n[nH]2)cc1. The summed E-state index contributed by atoms with van der Waals surface area (Å²) in [5, 5.41) is 7.45. The summed E-state index contributed by atoms with van der Waals surface area (Å²) in [7, 11) is 0. The Morgan fingerprint density at radius 1 is 0.568 bits per heavy atom. The first kappa shape index (κ1) is 26.9. The largest absolute Gasteiger partial charge is 0.303 e. The van der Waals surface area contributed by atoms with Crippen LogP contribution < -0.4 is 10.9 Å². The third-order valence-electron chi connectivity index (χ3n) is 7.45. The molecule has 1 atom stereocenters. The van der Waals surface area contributed by atoms with Gasteiger partial charge in [0.2, 0.25) is 0 Å². The molecule has 8 heteroatoms. The number of aromatic amines is 1. The number of nitrogens with one attached hydrogen (secondary N) is 3. The smallest absolute Gasteiger partial charge is 0.193 e. The van der Waals surface area contributed by atoms with E-state index >= 15 is 0 Å². The number of benzene rings is 5. The average molecular weight is 575 g/mol. The van der Waals surface area contributed by atoms with Gasteiger partial charge in [-0.25, -0.2) is 15.4 Å². The number of rotatable bonds is 8. The van der Waals surface area contributed by atoms with E-state index in [-0.39, 0.29) is 17.7 Å². The molecule has 8 nitrogen and oxygen atoms in total. The molecule has 0 saturated heterocycles. The van der Waals surface area contributed by atoms with E-state index in [1.54, 1.807) is 12.1 Å². The molecule has 0 amide bonds. The number of aliphatic imine (C=N–C) groups is 1. The van der Waals surface area contributed by atoms with Crippen molar-refractivity contribution in [3.05, 3.63) is 167 Å². The lowest BCUT2D eigenvalue weighted by Crippen LogP contribution is -2.31. The summed E-state index contributed by atoms with van der Waals surface area (Å²) in [6.07, 6.45) is -0.304. The highest BCUT2D eigenvalue weighted by Gasteiger charge is 2.20. The molecule has 3 N–H and O–H groups in total. The molecule has 0 spiro atoms. The number of aromatic nitrogens is 3. The van der Waals surface area contributed by atoms with Gasteiger partial charge in [0.05, 0.1) is 0 Å². The number of hydrogen-bond donors (Lipinski definition) is 3. The molecule has 2 heterocycles. The molecule has 7 rings (SSSR count). The fourth-order valence-corrected chi connectivity index (χ4v) is 5.07. The first-order chi connectivity index (χ1) is 21.6. The highest BCUT2D eigenvalue weighted by molar-refractivity contribution is 6.09. The number of amidine groups is 1. The van der Waals surface area contributed by atoms with Gasteiger partial charge in [0.15, 0.2) is 23.2 Å². The fraction of sp³-hybridized carbons (Fsp3) is 0.0278. The summed E-state index contributed by atoms with van der Waals surface area (Å²) in [6.45, 7) is 0. The predicted molar refractivity (Wildman–Crippen MR) is 169 cm³/mol. The zero-order chi connectivity index (χ0) is 29.9. The maximum absolute atomic E-state index is 12.8. The van der Waals surface area contributed by atoms with E-state index in [2.05, 4.69) is 21.0 Å². The molecule has 1 aromatic heterocycles. The zero-order valence-electron chi connectivity index (χ0n) is 23.4. The second-order valence-electron chi connectivity index (χ2n) is 10.3. The summed E-state index contributed by atoms with van der Waals surface area (Å²) in [6, 6.07) is 41.1. The topological polar surface area (TPSA) is 112 Å². The van der Waals surface area contributed by atoms with E-state index in [4.69, 9.17) is 9.98 Å². The number of H-pyrrole nitrogens is 1. The normalized spacial score (nSPS) is 14.1. The minimum absolute atomic E-state index is 0.0130. The molecule has 0 bridgehead atoms. The Morgan fingerprint density at radius 2 is 1.14 bits per heavy atom. The molecule has 0 fully saturated rings. The van der Waals surface area contributed by atoms with Crippen molar-refractivity contribution in [1.29, 1.82) is 0 Å². The molecule has 0 radical (unpaired) electrons. The van der Waals surface area contributed by atoms with Crippen molar-refractivity contribution in [2.75, 3.05) is 0 Å². The second-order valence-corrected chi connectivity index (χ2v) is 10.3. The van der Waals surface area contributed by atoms with E-state index < -0.39 is 0 Å². The van der Waals surface area contributed by atoms with Gasteiger partial charge in [-0.15, -0.1) is 0 Å². The lowest BCUT2D eigenvalue weighted by Gasteiger charge is -2.08. The lowest BCUT2D eigenvalue weighted by molar-refractivity contribution is 0.103. The van der Waals surface area contributed by atoms with Crippen LogP contribution in [0.2, 0.25) is 0 Å². The van der Waals surface area contributed by atoms with Crippen LogP contribution >= 0.6 is 0 Å². The Labute approximate surface area is 253 Å². The molecule has 0 saturated carbocycles. The summed E-state index contributed by atoms with van der Waals surface area (Å²) in [5.74, 6) is 1.81. The van der Waals surface area contributed by atoms with Gasteiger partial charge in [-0.3, -0.25) is 14.7 Å². The van der Waals surface area contributed by atoms with E-state index in [0.29, 0.717) is 39.7 Å². The van der Waals surface area contributed by atoms with Gasteiger partial charge in [-0.2, -0.15) is 5.10 Å². The Morgan fingerprint density at radius 3 is 1.77 bits per heavy atom. The molecule has 1 aliphatic rings. The highest BCUT2D eigenvalue weighted by Crippen LogP contribution is 2.24. The maximum Gasteiger partial charge on any atom is 0.193 e. The van der Waals surface area contributed by atoms with E-state index in [1.165, 1.54) is 0 Å². The van der Waals surface area contributed by atoms with Gasteiger partial charge >= 0.3 is 0 Å². The number of ketones is 2. The average Bonchev–Trinajstić information content (AvgIpc) is 3.80. The van der Waals surface area contributed by atoms with E-state index in [9.17, 15) is 9.59 Å². The second kappa shape index (κ2) is 11.7. The van der Waals surface area contributed by atoms with Crippen molar-refractivity contribution < 1.29 is 9.59 Å². The molecule has 44 heavy (non-hydrogen) atoms. The number of carbonyl (C=O) groups excluding carboxylic acids is 2. The van der Waals surface area contributed by atoms with Gasteiger partial charge in [-0.1, -0.05) is 127 Å². The van der Waals surface area contributed by atoms with Crippen LogP contribution in [0.1, 0.15) is 49.1 Å². The van der Waals surface area contributed by atoms with E-state index in [0.717, 1.165) is 22.3 Å². The predicted octanol–water partition coefficient (Wildman–Crippen LogP) is 6.15. The van der Waals surface area contributed by atoms with Crippen molar-refractivity contribution in [3.8, 4) is 22.8 Å². The maximum atomic E-state index is 12.8. The molecular weight excluding hydrogens is 548 g/mol. The van der Waals surface area contributed by atoms with Crippen LogP contribution in [0.5, 0.6) is 0 Å². The fourth-order valence-electron chi connectivity index (χ4n) is 5.07. The third-order valence-corrected chi connectivity index (χ3v) is 7.45. The number of nitrogens with zero attached hydrogens (tertiary/aromatic N) is 3. The molecule has 6 aromatic rings. The number of hydrogen-bond acceptors (Lipinski definition) is 7. The first-order valence-corrected chi connectivity index (χ1v) is 14.1. The van der Waals surface area contributed by atoms with Crippen LogP contribution in [-0.4, -0.2) is 32.6 Å². The Hall–Kier alpha value is -5.99. The van der Waals surface area contributed by atoms with Crippen molar-refractivity contribution in [2.45, 2.75) is 6.17 Å². The first-order valence-electron chi connectivity index (χ1n) is 14.1. The third kappa shape index (κ3) is 5.45. The van der Waals surface area contributed by atoms with Crippen LogP contribution in [0, 0.1) is 0 Å². The van der Waals surface area contributed by atoms with Gasteiger partial charge in [-0.05, 0) is 11.6 Å².